The predicted octanol–water partition coefficient (Wildman–Crippen LogP) is 1.40. The minimum atomic E-state index is -3.02. The third-order valence-corrected chi connectivity index (χ3v) is 7.14. The fourth-order valence-electron chi connectivity index (χ4n) is 3.87. The molecule has 27 heavy (non-hydrogen) atoms. The first-order chi connectivity index (χ1) is 12.9. The summed E-state index contributed by atoms with van der Waals surface area (Å²) in [5.74, 6) is -1.22. The fourth-order valence-corrected chi connectivity index (χ4v) is 5.83. The van der Waals surface area contributed by atoms with Gasteiger partial charge in [0.25, 0.3) is 0 Å². The van der Waals surface area contributed by atoms with Gasteiger partial charge in [0.15, 0.2) is 26.5 Å². The number of nitrogens with one attached hydrogen (secondary N) is 2. The van der Waals surface area contributed by atoms with E-state index < -0.39 is 21.7 Å². The third kappa shape index (κ3) is 3.35. The van der Waals surface area contributed by atoms with E-state index >= 15 is 0 Å². The van der Waals surface area contributed by atoms with Crippen LogP contribution in [0.3, 0.4) is 0 Å². The quantitative estimate of drug-likeness (QED) is 0.723. The van der Waals surface area contributed by atoms with E-state index in [1.54, 1.807) is 42.5 Å². The van der Waals surface area contributed by atoms with Crippen LogP contribution in [0.1, 0.15) is 27.1 Å². The molecule has 2 N–H and O–H groups in total. The minimum absolute atomic E-state index is 0.0462. The number of carbonyl (C=O) groups is 2. The summed E-state index contributed by atoms with van der Waals surface area (Å²) in [5, 5.41) is 6.28. The van der Waals surface area contributed by atoms with Crippen LogP contribution in [-0.2, 0) is 9.84 Å². The van der Waals surface area contributed by atoms with E-state index in [4.69, 9.17) is 12.2 Å². The number of fused-ring (bicyclic) bond motifs is 2. The molecule has 0 spiro atoms. The minimum Gasteiger partial charge on any atom is -0.359 e. The molecule has 140 valence electrons. The fraction of sp³-hybridized carbons (Fsp3) is 0.316. The molecule has 1 fully saturated rings. The van der Waals surface area contributed by atoms with E-state index in [0.29, 0.717) is 23.2 Å². The van der Waals surface area contributed by atoms with Crippen molar-refractivity contribution >= 4 is 38.7 Å². The van der Waals surface area contributed by atoms with E-state index in [2.05, 4.69) is 10.6 Å². The smallest absolute Gasteiger partial charge is 0.173 e. The first-order valence-electron chi connectivity index (χ1n) is 8.69. The molecule has 0 amide bonds. The monoisotopic (exact) mass is 402 g/mol. The first-order valence-corrected chi connectivity index (χ1v) is 10.9. The van der Waals surface area contributed by atoms with E-state index in [9.17, 15) is 18.0 Å². The number of benzene rings is 1. The van der Waals surface area contributed by atoms with Gasteiger partial charge in [-0.15, -0.1) is 0 Å². The standard InChI is InChI=1S/C19H18N2O4S2/c22-17-12-4-1-2-5-13(12)18(23)16-14(17)6-3-7-15(16)21-19(26)20-11-8-9-27(24,25)10-11/h1-7,11,14,16H,8-10H2,(H2,20,21,26). The van der Waals surface area contributed by atoms with Crippen molar-refractivity contribution in [3.63, 3.8) is 0 Å². The van der Waals surface area contributed by atoms with Crippen LogP contribution < -0.4 is 10.6 Å². The van der Waals surface area contributed by atoms with Crippen molar-refractivity contribution in [2.75, 3.05) is 11.5 Å². The van der Waals surface area contributed by atoms with Crippen molar-refractivity contribution in [2.45, 2.75) is 12.5 Å². The number of carbonyl (C=O) groups excluding carboxylic acids is 2. The summed E-state index contributed by atoms with van der Waals surface area (Å²) in [6, 6.07) is 6.60. The normalized spacial score (nSPS) is 28.1. The van der Waals surface area contributed by atoms with E-state index in [-0.39, 0.29) is 34.2 Å². The lowest BCUT2D eigenvalue weighted by atomic mass is 9.71. The number of ketones is 2. The Morgan fingerprint density at radius 2 is 1.81 bits per heavy atom. The maximum absolute atomic E-state index is 13.0. The van der Waals surface area contributed by atoms with Gasteiger partial charge in [0, 0.05) is 22.9 Å². The molecule has 0 saturated carbocycles. The Labute approximate surface area is 162 Å². The summed E-state index contributed by atoms with van der Waals surface area (Å²) in [5.41, 5.74) is 1.42. The Morgan fingerprint density at radius 3 is 2.48 bits per heavy atom. The summed E-state index contributed by atoms with van der Waals surface area (Å²) >= 11 is 5.31. The molecular weight excluding hydrogens is 384 g/mol. The lowest BCUT2D eigenvalue weighted by Crippen LogP contribution is -2.47. The van der Waals surface area contributed by atoms with Gasteiger partial charge in [-0.05, 0) is 24.7 Å². The molecule has 3 atom stereocenters. The topological polar surface area (TPSA) is 92.3 Å². The highest BCUT2D eigenvalue weighted by molar-refractivity contribution is 7.91. The number of hydrogen-bond donors (Lipinski definition) is 2. The molecule has 2 aliphatic carbocycles. The number of rotatable bonds is 2. The average Bonchev–Trinajstić information content (AvgIpc) is 2.97. The summed E-state index contributed by atoms with van der Waals surface area (Å²) in [7, 11) is -3.02. The lowest BCUT2D eigenvalue weighted by molar-refractivity contribution is 0.0791. The molecule has 1 saturated heterocycles. The third-order valence-electron chi connectivity index (χ3n) is 5.16. The highest BCUT2D eigenvalue weighted by Crippen LogP contribution is 2.36. The maximum atomic E-state index is 13.0. The molecule has 0 aromatic heterocycles. The summed E-state index contributed by atoms with van der Waals surface area (Å²) < 4.78 is 23.2. The van der Waals surface area contributed by atoms with Gasteiger partial charge in [0.1, 0.15) is 0 Å². The van der Waals surface area contributed by atoms with Gasteiger partial charge in [0.2, 0.25) is 0 Å². The predicted molar refractivity (Wildman–Crippen MR) is 105 cm³/mol. The second kappa shape index (κ2) is 6.69. The molecular formula is C19H18N2O4S2. The van der Waals surface area contributed by atoms with E-state index in [1.165, 1.54) is 0 Å². The molecule has 1 heterocycles. The molecule has 8 heteroatoms. The van der Waals surface area contributed by atoms with E-state index in [1.807, 2.05) is 0 Å². The van der Waals surface area contributed by atoms with Gasteiger partial charge >= 0.3 is 0 Å². The highest BCUT2D eigenvalue weighted by Gasteiger charge is 2.43. The van der Waals surface area contributed by atoms with Gasteiger partial charge in [-0.1, -0.05) is 36.4 Å². The molecule has 3 unspecified atom stereocenters. The van der Waals surface area contributed by atoms with Crippen molar-refractivity contribution in [3.8, 4) is 0 Å². The van der Waals surface area contributed by atoms with E-state index in [0.717, 1.165) is 0 Å². The molecule has 1 aromatic rings. The number of hydrogen-bond acceptors (Lipinski definition) is 5. The lowest BCUT2D eigenvalue weighted by Gasteiger charge is -2.33. The zero-order valence-electron chi connectivity index (χ0n) is 14.3. The highest BCUT2D eigenvalue weighted by atomic mass is 32.2. The van der Waals surface area contributed by atoms with Gasteiger partial charge in [0.05, 0.1) is 23.3 Å². The number of thiocarbonyl (C=S) groups is 1. The number of sulfone groups is 1. The Kier molecular flexibility index (Phi) is 4.47. The molecule has 3 aliphatic rings. The molecule has 1 aliphatic heterocycles. The Hall–Kier alpha value is -2.32. The average molecular weight is 402 g/mol. The second-order valence-corrected chi connectivity index (χ2v) is 9.62. The summed E-state index contributed by atoms with van der Waals surface area (Å²) in [6.07, 6.45) is 5.72. The van der Waals surface area contributed by atoms with Crippen LogP contribution in [0.4, 0.5) is 0 Å². The van der Waals surface area contributed by atoms with Crippen molar-refractivity contribution < 1.29 is 18.0 Å². The Morgan fingerprint density at radius 1 is 1.11 bits per heavy atom. The zero-order valence-corrected chi connectivity index (χ0v) is 16.0. The van der Waals surface area contributed by atoms with Crippen molar-refractivity contribution in [3.05, 3.63) is 59.3 Å². The summed E-state index contributed by atoms with van der Waals surface area (Å²) in [6.45, 7) is 0. The molecule has 4 rings (SSSR count). The SMILES string of the molecule is O=C1c2ccccc2C(=O)C2C(NC(=S)NC3CCS(=O)(=O)C3)=CC=CC12. The number of allylic oxidation sites excluding steroid dienone is 4. The second-order valence-electron chi connectivity index (χ2n) is 6.98. The van der Waals surface area contributed by atoms with Crippen LogP contribution in [0.2, 0.25) is 0 Å². The molecule has 6 nitrogen and oxygen atoms in total. The van der Waals surface area contributed by atoms with Gasteiger partial charge in [-0.2, -0.15) is 0 Å². The van der Waals surface area contributed by atoms with Gasteiger partial charge < -0.3 is 10.6 Å². The summed E-state index contributed by atoms with van der Waals surface area (Å²) in [4.78, 5) is 25.8. The molecule has 1 aromatic carbocycles. The Balaban J connectivity index is 1.54. The molecule has 0 radical (unpaired) electrons. The number of Topliss-reactive ketones (excluding diaryl/α,β-unsaturated/α-hetero) is 2. The van der Waals surface area contributed by atoms with Crippen LogP contribution >= 0.6 is 12.2 Å². The van der Waals surface area contributed by atoms with Crippen LogP contribution in [0.15, 0.2) is 48.2 Å². The van der Waals surface area contributed by atoms with Crippen molar-refractivity contribution in [2.24, 2.45) is 11.8 Å². The van der Waals surface area contributed by atoms with Gasteiger partial charge in [-0.25, -0.2) is 8.42 Å². The maximum Gasteiger partial charge on any atom is 0.173 e. The molecule has 0 bridgehead atoms. The van der Waals surface area contributed by atoms with Crippen LogP contribution in [0.25, 0.3) is 0 Å². The van der Waals surface area contributed by atoms with Gasteiger partial charge in [-0.3, -0.25) is 9.59 Å². The first kappa shape index (κ1) is 18.1. The largest absolute Gasteiger partial charge is 0.359 e. The van der Waals surface area contributed by atoms with Crippen LogP contribution in [0, 0.1) is 11.8 Å². The Bertz CT molecular complexity index is 1010. The van der Waals surface area contributed by atoms with Crippen molar-refractivity contribution in [1.82, 2.24) is 10.6 Å². The zero-order chi connectivity index (χ0) is 19.2. The van der Waals surface area contributed by atoms with Crippen LogP contribution in [-0.4, -0.2) is 42.6 Å². The van der Waals surface area contributed by atoms with Crippen LogP contribution in [0.5, 0.6) is 0 Å². The van der Waals surface area contributed by atoms with Crippen molar-refractivity contribution in [1.29, 1.82) is 0 Å².